The molecule has 0 heterocycles. The SMILES string of the molecule is O=C(O)COCC(=O)NCCc1ccc(Cl)cc1. The summed E-state index contributed by atoms with van der Waals surface area (Å²) in [4.78, 5) is 21.4. The molecule has 1 rings (SSSR count). The summed E-state index contributed by atoms with van der Waals surface area (Å²) in [6, 6.07) is 7.34. The topological polar surface area (TPSA) is 75.6 Å². The third-order valence-electron chi connectivity index (χ3n) is 2.11. The van der Waals surface area contributed by atoms with Crippen molar-refractivity contribution in [3.63, 3.8) is 0 Å². The maximum atomic E-state index is 11.2. The van der Waals surface area contributed by atoms with Gasteiger partial charge < -0.3 is 15.2 Å². The van der Waals surface area contributed by atoms with E-state index in [-0.39, 0.29) is 12.5 Å². The van der Waals surface area contributed by atoms with Crippen LogP contribution in [0.25, 0.3) is 0 Å². The molecule has 0 unspecified atom stereocenters. The van der Waals surface area contributed by atoms with Crippen LogP contribution >= 0.6 is 11.6 Å². The van der Waals surface area contributed by atoms with E-state index in [1.165, 1.54) is 0 Å². The van der Waals surface area contributed by atoms with Crippen molar-refractivity contribution in [3.8, 4) is 0 Å². The van der Waals surface area contributed by atoms with Crippen LogP contribution in [-0.2, 0) is 20.7 Å². The third kappa shape index (κ3) is 6.22. The third-order valence-corrected chi connectivity index (χ3v) is 2.36. The highest BCUT2D eigenvalue weighted by atomic mass is 35.5. The first-order chi connectivity index (χ1) is 8.58. The zero-order valence-electron chi connectivity index (χ0n) is 9.69. The van der Waals surface area contributed by atoms with Crippen molar-refractivity contribution >= 4 is 23.5 Å². The molecule has 0 aliphatic heterocycles. The summed E-state index contributed by atoms with van der Waals surface area (Å²) in [5, 5.41) is 11.6. The molecule has 2 N–H and O–H groups in total. The van der Waals surface area contributed by atoms with Gasteiger partial charge in [-0.05, 0) is 24.1 Å². The van der Waals surface area contributed by atoms with Gasteiger partial charge in [0.25, 0.3) is 0 Å². The summed E-state index contributed by atoms with van der Waals surface area (Å²) in [5.41, 5.74) is 1.06. The minimum Gasteiger partial charge on any atom is -0.480 e. The normalized spacial score (nSPS) is 10.1. The van der Waals surface area contributed by atoms with Crippen molar-refractivity contribution in [2.45, 2.75) is 6.42 Å². The monoisotopic (exact) mass is 271 g/mol. The first-order valence-electron chi connectivity index (χ1n) is 5.38. The van der Waals surface area contributed by atoms with Gasteiger partial charge in [-0.2, -0.15) is 0 Å². The van der Waals surface area contributed by atoms with E-state index in [1.807, 2.05) is 12.1 Å². The van der Waals surface area contributed by atoms with Crippen molar-refractivity contribution in [1.29, 1.82) is 0 Å². The van der Waals surface area contributed by atoms with Crippen LogP contribution in [0.5, 0.6) is 0 Å². The highest BCUT2D eigenvalue weighted by molar-refractivity contribution is 6.30. The molecule has 1 amide bonds. The Morgan fingerprint density at radius 3 is 2.50 bits per heavy atom. The van der Waals surface area contributed by atoms with Gasteiger partial charge in [0.05, 0.1) is 0 Å². The lowest BCUT2D eigenvalue weighted by Gasteiger charge is -2.05. The van der Waals surface area contributed by atoms with E-state index in [4.69, 9.17) is 16.7 Å². The number of amides is 1. The van der Waals surface area contributed by atoms with Crippen molar-refractivity contribution in [1.82, 2.24) is 5.32 Å². The molecular weight excluding hydrogens is 258 g/mol. The molecule has 0 atom stereocenters. The minimum absolute atomic E-state index is 0.243. The van der Waals surface area contributed by atoms with Crippen LogP contribution in [0.4, 0.5) is 0 Å². The number of ether oxygens (including phenoxy) is 1. The number of halogens is 1. The molecule has 0 saturated carbocycles. The largest absolute Gasteiger partial charge is 0.480 e. The summed E-state index contributed by atoms with van der Waals surface area (Å²) in [6.07, 6.45) is 0.682. The molecule has 0 bridgehead atoms. The highest BCUT2D eigenvalue weighted by Gasteiger charge is 2.03. The van der Waals surface area contributed by atoms with Crippen molar-refractivity contribution < 1.29 is 19.4 Å². The Morgan fingerprint density at radius 1 is 1.22 bits per heavy atom. The second-order valence-electron chi connectivity index (χ2n) is 3.61. The van der Waals surface area contributed by atoms with E-state index >= 15 is 0 Å². The van der Waals surface area contributed by atoms with E-state index in [1.54, 1.807) is 12.1 Å². The van der Waals surface area contributed by atoms with Gasteiger partial charge in [-0.3, -0.25) is 4.79 Å². The second-order valence-corrected chi connectivity index (χ2v) is 4.05. The summed E-state index contributed by atoms with van der Waals surface area (Å²) >= 11 is 5.74. The number of carbonyl (C=O) groups excluding carboxylic acids is 1. The fourth-order valence-electron chi connectivity index (χ4n) is 1.28. The molecule has 98 valence electrons. The van der Waals surface area contributed by atoms with Gasteiger partial charge in [0.15, 0.2) is 0 Å². The molecular formula is C12H14ClNO4. The number of aliphatic carboxylic acids is 1. The van der Waals surface area contributed by atoms with Crippen LogP contribution in [0.15, 0.2) is 24.3 Å². The lowest BCUT2D eigenvalue weighted by molar-refractivity contribution is -0.143. The number of carboxylic acid groups (broad SMARTS) is 1. The van der Waals surface area contributed by atoms with Crippen LogP contribution in [0.2, 0.25) is 5.02 Å². The van der Waals surface area contributed by atoms with Crippen LogP contribution < -0.4 is 5.32 Å². The summed E-state index contributed by atoms with van der Waals surface area (Å²) in [7, 11) is 0. The first-order valence-corrected chi connectivity index (χ1v) is 5.76. The van der Waals surface area contributed by atoms with Crippen molar-refractivity contribution in [2.75, 3.05) is 19.8 Å². The maximum absolute atomic E-state index is 11.2. The molecule has 0 fully saturated rings. The predicted molar refractivity (Wildman–Crippen MR) is 66.6 cm³/mol. The first kappa shape index (κ1) is 14.5. The molecule has 0 aromatic heterocycles. The van der Waals surface area contributed by atoms with E-state index < -0.39 is 12.6 Å². The van der Waals surface area contributed by atoms with Crippen molar-refractivity contribution in [3.05, 3.63) is 34.9 Å². The lowest BCUT2D eigenvalue weighted by atomic mass is 10.1. The lowest BCUT2D eigenvalue weighted by Crippen LogP contribution is -2.30. The van der Waals surface area contributed by atoms with E-state index in [0.717, 1.165) is 5.56 Å². The average Bonchev–Trinajstić information content (AvgIpc) is 2.31. The van der Waals surface area contributed by atoms with Crippen LogP contribution in [0.3, 0.4) is 0 Å². The fourth-order valence-corrected chi connectivity index (χ4v) is 1.41. The summed E-state index contributed by atoms with van der Waals surface area (Å²) < 4.78 is 4.65. The van der Waals surface area contributed by atoms with Gasteiger partial charge in [-0.25, -0.2) is 4.79 Å². The van der Waals surface area contributed by atoms with Gasteiger partial charge in [-0.15, -0.1) is 0 Å². The molecule has 0 aliphatic rings. The summed E-state index contributed by atoms with van der Waals surface area (Å²) in [6.45, 7) is -0.242. The van der Waals surface area contributed by atoms with E-state index in [2.05, 4.69) is 10.1 Å². The predicted octanol–water partition coefficient (Wildman–Crippen LogP) is 1.10. The number of hydrogen-bond donors (Lipinski definition) is 2. The molecule has 0 spiro atoms. The molecule has 0 radical (unpaired) electrons. The number of carbonyl (C=O) groups is 2. The molecule has 0 aliphatic carbocycles. The minimum atomic E-state index is -1.09. The van der Waals surface area contributed by atoms with Gasteiger partial charge in [-0.1, -0.05) is 23.7 Å². The van der Waals surface area contributed by atoms with Crippen LogP contribution in [0.1, 0.15) is 5.56 Å². The second kappa shape index (κ2) is 7.68. The smallest absolute Gasteiger partial charge is 0.329 e. The van der Waals surface area contributed by atoms with Crippen molar-refractivity contribution in [2.24, 2.45) is 0 Å². The standard InChI is InChI=1S/C12H14ClNO4/c13-10-3-1-9(2-4-10)5-6-14-11(15)7-18-8-12(16)17/h1-4H,5-8H2,(H,14,15)(H,16,17). The quantitative estimate of drug-likeness (QED) is 0.779. The number of nitrogens with one attached hydrogen (secondary N) is 1. The highest BCUT2D eigenvalue weighted by Crippen LogP contribution is 2.09. The molecule has 1 aromatic carbocycles. The zero-order chi connectivity index (χ0) is 13.4. The molecule has 1 aromatic rings. The Kier molecular flexibility index (Phi) is 6.18. The van der Waals surface area contributed by atoms with Gasteiger partial charge in [0, 0.05) is 11.6 Å². The van der Waals surface area contributed by atoms with E-state index in [0.29, 0.717) is 18.0 Å². The van der Waals surface area contributed by atoms with Gasteiger partial charge >= 0.3 is 5.97 Å². The van der Waals surface area contributed by atoms with Crippen LogP contribution in [-0.4, -0.2) is 36.7 Å². The van der Waals surface area contributed by atoms with Gasteiger partial charge in [0.1, 0.15) is 13.2 Å². The Bertz CT molecular complexity index is 405. The number of hydrogen-bond acceptors (Lipinski definition) is 3. The fraction of sp³-hybridized carbons (Fsp3) is 0.333. The average molecular weight is 272 g/mol. The number of carboxylic acids is 1. The zero-order valence-corrected chi connectivity index (χ0v) is 10.4. The molecule has 18 heavy (non-hydrogen) atoms. The molecule has 6 heteroatoms. The van der Waals surface area contributed by atoms with Crippen LogP contribution in [0, 0.1) is 0 Å². The van der Waals surface area contributed by atoms with E-state index in [9.17, 15) is 9.59 Å². The Morgan fingerprint density at radius 2 is 1.89 bits per heavy atom. The summed E-state index contributed by atoms with van der Waals surface area (Å²) in [5.74, 6) is -1.42. The molecule has 5 nitrogen and oxygen atoms in total. The Labute approximate surface area is 110 Å². The molecule has 0 saturated heterocycles. The Balaban J connectivity index is 2.15. The van der Waals surface area contributed by atoms with Gasteiger partial charge in [0.2, 0.25) is 5.91 Å². The maximum Gasteiger partial charge on any atom is 0.329 e. The number of benzene rings is 1. The number of rotatable bonds is 7. The Hall–Kier alpha value is -1.59.